The summed E-state index contributed by atoms with van der Waals surface area (Å²) >= 11 is 18.6. The van der Waals surface area contributed by atoms with Crippen LogP contribution in [0, 0.1) is 0 Å². The smallest absolute Gasteiger partial charge is 0.338 e. The molecule has 0 atom stereocenters. The number of anilines is 1. The van der Waals surface area contributed by atoms with Crippen molar-refractivity contribution in [3.63, 3.8) is 0 Å². The maximum atomic E-state index is 12.9. The summed E-state index contributed by atoms with van der Waals surface area (Å²) in [5.74, 6) is -0.731. The number of thioether (sulfide) groups is 1. The molecule has 1 amide bonds. The maximum absolute atomic E-state index is 12.9. The van der Waals surface area contributed by atoms with E-state index < -0.39 is 5.97 Å². The molecule has 1 heterocycles. The summed E-state index contributed by atoms with van der Waals surface area (Å²) < 4.78 is 5.38. The Labute approximate surface area is 176 Å². The predicted molar refractivity (Wildman–Crippen MR) is 115 cm³/mol. The number of thiocarbonyl (C=S) groups is 1. The molecular formula is C19H13Cl2NO3S2. The molecule has 0 unspecified atom stereocenters. The first kappa shape index (κ1) is 19.9. The van der Waals surface area contributed by atoms with Crippen molar-refractivity contribution in [2.24, 2.45) is 0 Å². The molecule has 0 radical (unpaired) electrons. The first-order chi connectivity index (χ1) is 12.9. The molecule has 2 aromatic rings. The Bertz CT molecular complexity index is 975. The largest absolute Gasteiger partial charge is 0.462 e. The van der Waals surface area contributed by atoms with Gasteiger partial charge in [-0.15, -0.1) is 0 Å². The zero-order valence-corrected chi connectivity index (χ0v) is 17.2. The molecule has 138 valence electrons. The van der Waals surface area contributed by atoms with E-state index in [-0.39, 0.29) is 12.5 Å². The van der Waals surface area contributed by atoms with Crippen LogP contribution in [-0.2, 0) is 9.53 Å². The summed E-state index contributed by atoms with van der Waals surface area (Å²) in [6, 6.07) is 11.6. The Morgan fingerprint density at radius 3 is 2.74 bits per heavy atom. The van der Waals surface area contributed by atoms with Gasteiger partial charge in [-0.25, -0.2) is 4.79 Å². The molecule has 0 bridgehead atoms. The highest BCUT2D eigenvalue weighted by Gasteiger charge is 2.33. The topological polar surface area (TPSA) is 46.6 Å². The molecule has 2 aromatic carbocycles. The van der Waals surface area contributed by atoms with Crippen molar-refractivity contribution in [2.75, 3.05) is 11.5 Å². The van der Waals surface area contributed by atoms with Crippen LogP contribution in [0.1, 0.15) is 22.8 Å². The first-order valence-corrected chi connectivity index (χ1v) is 9.89. The molecule has 3 rings (SSSR count). The summed E-state index contributed by atoms with van der Waals surface area (Å²) in [7, 11) is 0. The van der Waals surface area contributed by atoms with Crippen molar-refractivity contribution in [3.05, 3.63) is 68.5 Å². The van der Waals surface area contributed by atoms with Gasteiger partial charge in [0.1, 0.15) is 0 Å². The van der Waals surface area contributed by atoms with Gasteiger partial charge in [0.15, 0.2) is 4.32 Å². The van der Waals surface area contributed by atoms with E-state index in [9.17, 15) is 9.59 Å². The third-order valence-electron chi connectivity index (χ3n) is 3.66. The van der Waals surface area contributed by atoms with Gasteiger partial charge in [0, 0.05) is 10.0 Å². The number of halogens is 2. The Morgan fingerprint density at radius 1 is 1.26 bits per heavy atom. The van der Waals surface area contributed by atoms with Gasteiger partial charge in [-0.3, -0.25) is 9.69 Å². The number of carbonyl (C=O) groups excluding carboxylic acids is 2. The molecule has 1 saturated heterocycles. The third kappa shape index (κ3) is 4.35. The van der Waals surface area contributed by atoms with Crippen LogP contribution >= 0.6 is 47.2 Å². The van der Waals surface area contributed by atoms with Gasteiger partial charge < -0.3 is 4.74 Å². The lowest BCUT2D eigenvalue weighted by atomic mass is 10.2. The molecule has 27 heavy (non-hydrogen) atoms. The highest BCUT2D eigenvalue weighted by atomic mass is 35.5. The average molecular weight is 438 g/mol. The second kappa shape index (κ2) is 8.44. The lowest BCUT2D eigenvalue weighted by molar-refractivity contribution is -0.113. The highest BCUT2D eigenvalue weighted by Crippen LogP contribution is 2.37. The fraction of sp³-hybridized carbons (Fsp3) is 0.105. The van der Waals surface area contributed by atoms with Crippen molar-refractivity contribution in [1.82, 2.24) is 0 Å². The number of nitrogens with zero attached hydrogens (tertiary/aromatic N) is 1. The molecule has 1 aliphatic heterocycles. The number of hydrogen-bond donors (Lipinski definition) is 0. The lowest BCUT2D eigenvalue weighted by Crippen LogP contribution is -2.27. The number of hydrogen-bond acceptors (Lipinski definition) is 5. The van der Waals surface area contributed by atoms with Gasteiger partial charge in [0.25, 0.3) is 5.91 Å². The van der Waals surface area contributed by atoms with Gasteiger partial charge in [-0.2, -0.15) is 0 Å². The van der Waals surface area contributed by atoms with Crippen LogP contribution in [0.2, 0.25) is 10.0 Å². The molecule has 0 aromatic heterocycles. The second-order valence-electron chi connectivity index (χ2n) is 5.45. The van der Waals surface area contributed by atoms with Crippen LogP contribution in [0.4, 0.5) is 5.69 Å². The van der Waals surface area contributed by atoms with E-state index in [0.29, 0.717) is 36.1 Å². The van der Waals surface area contributed by atoms with Gasteiger partial charge in [-0.05, 0) is 48.9 Å². The van der Waals surface area contributed by atoms with Crippen LogP contribution in [0.3, 0.4) is 0 Å². The molecule has 0 N–H and O–H groups in total. The van der Waals surface area contributed by atoms with E-state index in [1.165, 1.54) is 16.7 Å². The summed E-state index contributed by atoms with van der Waals surface area (Å²) in [4.78, 5) is 26.6. The molecule has 8 heteroatoms. The monoisotopic (exact) mass is 437 g/mol. The van der Waals surface area contributed by atoms with Gasteiger partial charge >= 0.3 is 5.97 Å². The summed E-state index contributed by atoms with van der Waals surface area (Å²) in [5.41, 5.74) is 1.53. The SMILES string of the molecule is CCOC(=O)c1cccc(N2C(=O)C(=Cc3ccc(Cl)cc3Cl)SC2=S)c1. The van der Waals surface area contributed by atoms with Crippen molar-refractivity contribution in [1.29, 1.82) is 0 Å². The minimum Gasteiger partial charge on any atom is -0.462 e. The second-order valence-corrected chi connectivity index (χ2v) is 7.97. The molecule has 0 aliphatic carbocycles. The number of ether oxygens (including phenoxy) is 1. The van der Waals surface area contributed by atoms with E-state index in [2.05, 4.69) is 0 Å². The number of amides is 1. The lowest BCUT2D eigenvalue weighted by Gasteiger charge is -2.15. The summed E-state index contributed by atoms with van der Waals surface area (Å²) in [5, 5.41) is 0.956. The Kier molecular flexibility index (Phi) is 6.22. The van der Waals surface area contributed by atoms with E-state index in [1.807, 2.05) is 0 Å². The number of carbonyl (C=O) groups is 2. The van der Waals surface area contributed by atoms with E-state index in [1.54, 1.807) is 55.5 Å². The Balaban J connectivity index is 1.92. The minimum atomic E-state index is -0.451. The molecule has 4 nitrogen and oxygen atoms in total. The summed E-state index contributed by atoms with van der Waals surface area (Å²) in [6.07, 6.45) is 1.67. The fourth-order valence-corrected chi connectivity index (χ4v) is 4.19. The van der Waals surface area contributed by atoms with Crippen molar-refractivity contribution < 1.29 is 14.3 Å². The zero-order chi connectivity index (χ0) is 19.6. The standard InChI is InChI=1S/C19H13Cl2NO3S2/c1-2-25-18(24)12-4-3-5-14(8-12)22-17(23)16(27-19(22)26)9-11-6-7-13(20)10-15(11)21/h3-10H,2H2,1H3. The molecule has 0 spiro atoms. The average Bonchev–Trinajstić information content (AvgIpc) is 2.91. The Hall–Kier alpha value is -1.86. The van der Waals surface area contributed by atoms with Gasteiger partial charge in [0.2, 0.25) is 0 Å². The zero-order valence-electron chi connectivity index (χ0n) is 14.1. The van der Waals surface area contributed by atoms with E-state index in [0.717, 1.165) is 0 Å². The van der Waals surface area contributed by atoms with Crippen LogP contribution in [0.5, 0.6) is 0 Å². The number of esters is 1. The molecule has 1 fully saturated rings. The maximum Gasteiger partial charge on any atom is 0.338 e. The normalized spacial score (nSPS) is 15.5. The molecular weight excluding hydrogens is 425 g/mol. The number of rotatable bonds is 4. The molecule has 0 saturated carbocycles. The highest BCUT2D eigenvalue weighted by molar-refractivity contribution is 8.27. The van der Waals surface area contributed by atoms with Crippen LogP contribution in [0.15, 0.2) is 47.4 Å². The van der Waals surface area contributed by atoms with Crippen molar-refractivity contribution >= 4 is 75.1 Å². The van der Waals surface area contributed by atoms with Gasteiger partial charge in [0.05, 0.1) is 22.8 Å². The fourth-order valence-electron chi connectivity index (χ4n) is 2.44. The first-order valence-electron chi connectivity index (χ1n) is 7.91. The van der Waals surface area contributed by atoms with E-state index in [4.69, 9.17) is 40.2 Å². The van der Waals surface area contributed by atoms with Crippen LogP contribution < -0.4 is 4.90 Å². The third-order valence-corrected chi connectivity index (χ3v) is 5.52. The predicted octanol–water partition coefficient (Wildman–Crippen LogP) is 5.58. The van der Waals surface area contributed by atoms with Crippen molar-refractivity contribution in [3.8, 4) is 0 Å². The van der Waals surface area contributed by atoms with E-state index >= 15 is 0 Å². The summed E-state index contributed by atoms with van der Waals surface area (Å²) in [6.45, 7) is 2.01. The van der Waals surface area contributed by atoms with Crippen LogP contribution in [-0.4, -0.2) is 22.8 Å². The van der Waals surface area contributed by atoms with Gasteiger partial charge in [-0.1, -0.05) is 59.3 Å². The quantitative estimate of drug-likeness (QED) is 0.355. The van der Waals surface area contributed by atoms with Crippen molar-refractivity contribution in [2.45, 2.75) is 6.92 Å². The number of benzene rings is 2. The van der Waals surface area contributed by atoms with Crippen LogP contribution in [0.25, 0.3) is 6.08 Å². The minimum absolute atomic E-state index is 0.273. The Morgan fingerprint density at radius 2 is 2.04 bits per heavy atom. The molecule has 1 aliphatic rings.